The van der Waals surface area contributed by atoms with Crippen molar-refractivity contribution in [2.75, 3.05) is 32.7 Å². The normalized spacial score (nSPS) is 13.8. The third-order valence-corrected chi connectivity index (χ3v) is 3.84. The largest absolute Gasteiger partial charge is 0.296 e. The predicted molar refractivity (Wildman–Crippen MR) is 160 cm³/mol. The van der Waals surface area contributed by atoms with Crippen molar-refractivity contribution in [3.05, 3.63) is 0 Å². The van der Waals surface area contributed by atoms with Crippen molar-refractivity contribution in [1.29, 1.82) is 0 Å². The molecular formula is C28H55N3. The molecule has 1 saturated heterocycles. The molecule has 3 heteroatoms. The Morgan fingerprint density at radius 3 is 1.71 bits per heavy atom. The van der Waals surface area contributed by atoms with E-state index in [1.54, 1.807) is 6.92 Å². The molecule has 0 aromatic carbocycles. The first-order valence-corrected chi connectivity index (χ1v) is 10.2. The minimum Gasteiger partial charge on any atom is -0.296 e. The van der Waals surface area contributed by atoms with Crippen molar-refractivity contribution in [1.82, 2.24) is 9.80 Å². The summed E-state index contributed by atoms with van der Waals surface area (Å²) in [7, 11) is 0. The maximum Gasteiger partial charge on any atom is 0.127 e. The molecule has 1 aliphatic heterocycles. The number of hydrogen-bond acceptors (Lipinski definition) is 3. The molecular weight excluding hydrogens is 378 g/mol. The fraction of sp³-hybridized carbons (Fsp3) is 0.393. The van der Waals surface area contributed by atoms with Crippen LogP contribution < -0.4 is 0 Å². The molecule has 1 fully saturated rings. The highest BCUT2D eigenvalue weighted by Crippen LogP contribution is 2.13. The smallest absolute Gasteiger partial charge is 0.127 e. The molecule has 182 valence electrons. The standard InChI is InChI=1S/C28H25N3.15H2/c1-4-7-8-9-10-11-12-13-14-15-16-17-18-19-20-21-28-30(24-6-3)26-27-31(28)25-23-29-22-5-2;;;;;;;;;;;;;;;/h22,28H,5-6,23-27H2,1-3H3;15*1H. The molecule has 1 heterocycles. The monoisotopic (exact) mass is 433 g/mol. The van der Waals surface area contributed by atoms with Crippen LogP contribution in [0.15, 0.2) is 4.99 Å². The number of nitrogens with zero attached hydrogens (tertiary/aromatic N) is 3. The van der Waals surface area contributed by atoms with Crippen molar-refractivity contribution >= 4 is 6.21 Å². The fourth-order valence-corrected chi connectivity index (χ4v) is 2.62. The molecule has 0 radical (unpaired) electrons. The molecule has 0 N–H and O–H groups in total. The molecule has 0 aromatic heterocycles. The zero-order chi connectivity index (χ0) is 22.4. The van der Waals surface area contributed by atoms with Crippen LogP contribution in [0.4, 0.5) is 0 Å². The molecule has 3 nitrogen and oxygen atoms in total. The highest BCUT2D eigenvalue weighted by atomic mass is 15.4. The second-order valence-electron chi connectivity index (χ2n) is 6.09. The van der Waals surface area contributed by atoms with Crippen molar-refractivity contribution in [2.24, 2.45) is 4.99 Å². The van der Waals surface area contributed by atoms with Gasteiger partial charge >= 0.3 is 0 Å². The molecule has 0 aromatic rings. The van der Waals surface area contributed by atoms with Crippen molar-refractivity contribution in [3.8, 4) is 94.7 Å². The number of rotatable bonds is 6. The average molecular weight is 434 g/mol. The van der Waals surface area contributed by atoms with E-state index in [9.17, 15) is 0 Å². The van der Waals surface area contributed by atoms with E-state index in [-0.39, 0.29) is 27.6 Å². The van der Waals surface area contributed by atoms with Gasteiger partial charge in [-0.2, -0.15) is 0 Å². The van der Waals surface area contributed by atoms with Gasteiger partial charge in [-0.25, -0.2) is 0 Å². The average Bonchev–Trinajstić information content (AvgIpc) is 3.15. The highest BCUT2D eigenvalue weighted by Gasteiger charge is 2.29. The Kier molecular flexibility index (Phi) is 14.7. The van der Waals surface area contributed by atoms with E-state index in [4.69, 9.17) is 0 Å². The quantitative estimate of drug-likeness (QED) is 0.403. The molecule has 1 unspecified atom stereocenters. The van der Waals surface area contributed by atoms with E-state index in [0.29, 0.717) is 0 Å². The van der Waals surface area contributed by atoms with Gasteiger partial charge in [0.25, 0.3) is 0 Å². The van der Waals surface area contributed by atoms with Gasteiger partial charge in [-0.1, -0.05) is 25.7 Å². The van der Waals surface area contributed by atoms with Gasteiger partial charge in [-0.15, -0.1) is 0 Å². The molecule has 31 heavy (non-hydrogen) atoms. The summed E-state index contributed by atoms with van der Waals surface area (Å²) in [6.07, 6.45) is 4.13. The lowest BCUT2D eigenvalue weighted by molar-refractivity contribution is 0.190. The van der Waals surface area contributed by atoms with Crippen molar-refractivity contribution in [2.45, 2.75) is 39.8 Å². The lowest BCUT2D eigenvalue weighted by atomic mass is 10.3. The van der Waals surface area contributed by atoms with E-state index < -0.39 is 0 Å². The Balaban J connectivity index is -0.0000000493. The third-order valence-electron chi connectivity index (χ3n) is 3.84. The molecule has 1 aliphatic rings. The van der Waals surface area contributed by atoms with E-state index in [1.165, 1.54) is 0 Å². The molecule has 1 rings (SSSR count). The molecule has 1 atom stereocenters. The number of hydrogen-bond donors (Lipinski definition) is 0. The summed E-state index contributed by atoms with van der Waals surface area (Å²) < 4.78 is 0. The Morgan fingerprint density at radius 2 is 1.23 bits per heavy atom. The van der Waals surface area contributed by atoms with E-state index in [1.807, 2.05) is 6.21 Å². The zero-order valence-corrected chi connectivity index (χ0v) is 18.4. The topological polar surface area (TPSA) is 18.8 Å². The summed E-state index contributed by atoms with van der Waals surface area (Å²) in [5, 5.41) is 0. The van der Waals surface area contributed by atoms with Gasteiger partial charge in [-0.05, 0) is 109 Å². The Hall–Kier alpha value is -3.93. The summed E-state index contributed by atoms with van der Waals surface area (Å²) in [6, 6.07) is 0. The summed E-state index contributed by atoms with van der Waals surface area (Å²) in [6.45, 7) is 10.8. The molecule has 0 spiro atoms. The Labute approximate surface area is 210 Å². The summed E-state index contributed by atoms with van der Waals surface area (Å²) in [4.78, 5) is 9.16. The molecule has 0 aliphatic carbocycles. The van der Waals surface area contributed by atoms with Gasteiger partial charge in [0, 0.05) is 47.6 Å². The lowest BCUT2D eigenvalue weighted by Crippen LogP contribution is -2.39. The van der Waals surface area contributed by atoms with Gasteiger partial charge in [-0.3, -0.25) is 14.8 Å². The van der Waals surface area contributed by atoms with Crippen LogP contribution in [0.3, 0.4) is 0 Å². The van der Waals surface area contributed by atoms with Crippen LogP contribution in [0.5, 0.6) is 0 Å². The van der Waals surface area contributed by atoms with Crippen LogP contribution in [0, 0.1) is 94.7 Å². The first-order chi connectivity index (χ1) is 15.3. The van der Waals surface area contributed by atoms with Crippen LogP contribution in [-0.2, 0) is 0 Å². The summed E-state index contributed by atoms with van der Waals surface area (Å²) in [5.41, 5.74) is 0. The lowest BCUT2D eigenvalue weighted by Gasteiger charge is -2.25. The van der Waals surface area contributed by atoms with Crippen molar-refractivity contribution in [3.63, 3.8) is 0 Å². The number of aliphatic imine (C=N–C) groups is 1. The van der Waals surface area contributed by atoms with Crippen LogP contribution >= 0.6 is 0 Å². The predicted octanol–water partition coefficient (Wildman–Crippen LogP) is 5.56. The van der Waals surface area contributed by atoms with Gasteiger partial charge in [0.2, 0.25) is 0 Å². The summed E-state index contributed by atoms with van der Waals surface area (Å²) in [5.74, 6) is 42.8. The molecule has 0 saturated carbocycles. The van der Waals surface area contributed by atoms with E-state index in [0.717, 1.165) is 45.6 Å². The fourth-order valence-electron chi connectivity index (χ4n) is 2.62. The minimum absolute atomic E-state index is 0. The Morgan fingerprint density at radius 1 is 0.742 bits per heavy atom. The second kappa shape index (κ2) is 18.1. The first-order valence-electron chi connectivity index (χ1n) is 10.2. The van der Waals surface area contributed by atoms with Gasteiger partial charge in [0.15, 0.2) is 0 Å². The summed E-state index contributed by atoms with van der Waals surface area (Å²) >= 11 is 0. The SMILES string of the molecule is CC#CC#CC#CC#CC#CC#CC#CC#CC1N(CCC)CCN1CCN=CCC.[HH].[HH].[HH].[HH].[HH].[HH].[HH].[HH].[HH].[HH].[HH].[HH].[HH].[HH].[HH]. The third kappa shape index (κ3) is 12.3. The van der Waals surface area contributed by atoms with Crippen molar-refractivity contribution < 1.29 is 21.4 Å². The highest BCUT2D eigenvalue weighted by molar-refractivity contribution is 5.56. The van der Waals surface area contributed by atoms with Crippen LogP contribution in [0.2, 0.25) is 0 Å². The second-order valence-corrected chi connectivity index (χ2v) is 6.09. The van der Waals surface area contributed by atoms with Crippen LogP contribution in [-0.4, -0.2) is 54.9 Å². The van der Waals surface area contributed by atoms with Gasteiger partial charge in [0.1, 0.15) is 6.17 Å². The van der Waals surface area contributed by atoms with E-state index >= 15 is 0 Å². The Bertz CT molecular complexity index is 1150. The molecule has 0 bridgehead atoms. The van der Waals surface area contributed by atoms with Gasteiger partial charge in [0.05, 0.1) is 6.54 Å². The molecule has 0 amide bonds. The maximum atomic E-state index is 4.42. The minimum atomic E-state index is 0. The zero-order valence-electron chi connectivity index (χ0n) is 18.4. The maximum absolute atomic E-state index is 4.42. The van der Waals surface area contributed by atoms with Gasteiger partial charge < -0.3 is 0 Å². The first kappa shape index (κ1) is 25.1. The van der Waals surface area contributed by atoms with E-state index in [2.05, 4.69) is 123 Å². The van der Waals surface area contributed by atoms with Crippen LogP contribution in [0.25, 0.3) is 0 Å². The van der Waals surface area contributed by atoms with Crippen LogP contribution in [0.1, 0.15) is 55.0 Å².